The molecule has 27 heavy (non-hydrogen) atoms. The second-order valence-electron chi connectivity index (χ2n) is 6.04. The van der Waals surface area contributed by atoms with Crippen LogP contribution < -0.4 is 16.4 Å². The van der Waals surface area contributed by atoms with Gasteiger partial charge in [0.15, 0.2) is 5.58 Å². The van der Waals surface area contributed by atoms with Crippen molar-refractivity contribution in [3.63, 3.8) is 0 Å². The fraction of sp³-hybridized carbons (Fsp3) is 0.0476. The first-order valence-electron chi connectivity index (χ1n) is 8.49. The van der Waals surface area contributed by atoms with Crippen molar-refractivity contribution in [3.05, 3.63) is 89.4 Å². The second-order valence-corrected chi connectivity index (χ2v) is 6.04. The van der Waals surface area contributed by atoms with E-state index >= 15 is 0 Å². The standard InChI is InChI=1S/C21H17N3O3/c25-20(14-24-18-8-4-5-9-19(18)27-21(24)26)23-17-12-10-16(11-13-17)22-15-6-2-1-3-7-15/h1-13,22H,14H2,(H,23,25). The van der Waals surface area contributed by atoms with Gasteiger partial charge in [0.05, 0.1) is 5.52 Å². The van der Waals surface area contributed by atoms with Crippen LogP contribution in [-0.2, 0) is 11.3 Å². The normalized spacial score (nSPS) is 10.7. The van der Waals surface area contributed by atoms with Crippen LogP contribution >= 0.6 is 0 Å². The molecule has 0 bridgehead atoms. The molecule has 134 valence electrons. The number of hydrogen-bond acceptors (Lipinski definition) is 4. The maximum atomic E-state index is 12.3. The smallest absolute Gasteiger partial charge is 0.408 e. The number of amides is 1. The molecule has 0 aliphatic rings. The highest BCUT2D eigenvalue weighted by Gasteiger charge is 2.12. The average Bonchev–Trinajstić information content (AvgIpc) is 2.99. The van der Waals surface area contributed by atoms with E-state index in [1.165, 1.54) is 4.57 Å². The fourth-order valence-corrected chi connectivity index (χ4v) is 2.83. The monoisotopic (exact) mass is 359 g/mol. The van der Waals surface area contributed by atoms with E-state index in [-0.39, 0.29) is 12.5 Å². The molecular formula is C21H17N3O3. The maximum absolute atomic E-state index is 12.3. The molecule has 1 heterocycles. The SMILES string of the molecule is O=C(Cn1c(=O)oc2ccccc21)Nc1ccc(Nc2ccccc2)cc1. The number of benzene rings is 3. The lowest BCUT2D eigenvalue weighted by Gasteiger charge is -2.09. The summed E-state index contributed by atoms with van der Waals surface area (Å²) in [4.78, 5) is 24.3. The van der Waals surface area contributed by atoms with Crippen molar-refractivity contribution in [2.75, 3.05) is 10.6 Å². The van der Waals surface area contributed by atoms with Crippen molar-refractivity contribution in [2.24, 2.45) is 0 Å². The first kappa shape index (κ1) is 16.7. The third kappa shape index (κ3) is 3.74. The number of nitrogens with zero attached hydrogens (tertiary/aromatic N) is 1. The lowest BCUT2D eigenvalue weighted by atomic mass is 10.2. The van der Waals surface area contributed by atoms with Gasteiger partial charge in [-0.1, -0.05) is 30.3 Å². The molecule has 0 spiro atoms. The van der Waals surface area contributed by atoms with Crippen LogP contribution in [0, 0.1) is 0 Å². The summed E-state index contributed by atoms with van der Waals surface area (Å²) in [6.07, 6.45) is 0. The zero-order valence-electron chi connectivity index (χ0n) is 14.4. The van der Waals surface area contributed by atoms with Gasteiger partial charge in [-0.2, -0.15) is 0 Å². The number of oxazole rings is 1. The molecule has 4 rings (SSSR count). The lowest BCUT2D eigenvalue weighted by molar-refractivity contribution is -0.116. The van der Waals surface area contributed by atoms with Crippen LogP contribution in [0.25, 0.3) is 11.1 Å². The Hall–Kier alpha value is -3.80. The Labute approximate surface area is 155 Å². The number of nitrogens with one attached hydrogen (secondary N) is 2. The number of hydrogen-bond donors (Lipinski definition) is 2. The molecular weight excluding hydrogens is 342 g/mol. The Morgan fingerprint density at radius 3 is 2.22 bits per heavy atom. The van der Waals surface area contributed by atoms with Crippen LogP contribution in [0.1, 0.15) is 0 Å². The summed E-state index contributed by atoms with van der Waals surface area (Å²) < 4.78 is 6.46. The van der Waals surface area contributed by atoms with Gasteiger partial charge >= 0.3 is 5.76 Å². The van der Waals surface area contributed by atoms with Crippen LogP contribution in [-0.4, -0.2) is 10.5 Å². The average molecular weight is 359 g/mol. The van der Waals surface area contributed by atoms with Gasteiger partial charge in [0.1, 0.15) is 6.54 Å². The number of fused-ring (bicyclic) bond motifs is 1. The van der Waals surface area contributed by atoms with E-state index in [1.54, 1.807) is 36.4 Å². The summed E-state index contributed by atoms with van der Waals surface area (Å²) in [7, 11) is 0. The summed E-state index contributed by atoms with van der Waals surface area (Å²) in [5.41, 5.74) is 3.61. The molecule has 1 aromatic heterocycles. The Morgan fingerprint density at radius 2 is 1.44 bits per heavy atom. The van der Waals surface area contributed by atoms with Crippen LogP contribution in [0.2, 0.25) is 0 Å². The number of carbonyl (C=O) groups excluding carboxylic acids is 1. The minimum atomic E-state index is -0.547. The number of para-hydroxylation sites is 3. The second kappa shape index (κ2) is 7.21. The van der Waals surface area contributed by atoms with Crippen molar-refractivity contribution in [1.82, 2.24) is 4.57 Å². The quantitative estimate of drug-likeness (QED) is 0.565. The van der Waals surface area contributed by atoms with E-state index in [1.807, 2.05) is 42.5 Å². The zero-order valence-corrected chi connectivity index (χ0v) is 14.4. The number of carbonyl (C=O) groups is 1. The molecule has 0 aliphatic heterocycles. The van der Waals surface area contributed by atoms with Crippen LogP contribution in [0.15, 0.2) is 88.1 Å². The highest BCUT2D eigenvalue weighted by atomic mass is 16.4. The Bertz CT molecular complexity index is 1130. The molecule has 6 nitrogen and oxygen atoms in total. The molecule has 2 N–H and O–H groups in total. The van der Waals surface area contributed by atoms with Gasteiger partial charge in [-0.15, -0.1) is 0 Å². The molecule has 1 amide bonds. The Morgan fingerprint density at radius 1 is 0.815 bits per heavy atom. The van der Waals surface area contributed by atoms with Gasteiger partial charge < -0.3 is 15.1 Å². The summed E-state index contributed by atoms with van der Waals surface area (Å²) in [6, 6.07) is 24.2. The molecule has 0 fully saturated rings. The third-order valence-corrected chi connectivity index (χ3v) is 4.11. The number of anilines is 3. The molecule has 6 heteroatoms. The van der Waals surface area contributed by atoms with Gasteiger partial charge in [0, 0.05) is 17.1 Å². The minimum absolute atomic E-state index is 0.111. The first-order chi connectivity index (χ1) is 13.2. The zero-order chi connectivity index (χ0) is 18.6. The van der Waals surface area contributed by atoms with E-state index in [0.717, 1.165) is 11.4 Å². The Kier molecular flexibility index (Phi) is 4.45. The van der Waals surface area contributed by atoms with Crippen molar-refractivity contribution in [3.8, 4) is 0 Å². The molecule has 0 aliphatic carbocycles. The van der Waals surface area contributed by atoms with Gasteiger partial charge in [-0.3, -0.25) is 9.36 Å². The van der Waals surface area contributed by atoms with E-state index in [9.17, 15) is 9.59 Å². The van der Waals surface area contributed by atoms with E-state index in [2.05, 4.69) is 10.6 Å². The van der Waals surface area contributed by atoms with Gasteiger partial charge in [-0.25, -0.2) is 4.79 Å². The summed E-state index contributed by atoms with van der Waals surface area (Å²) in [5, 5.41) is 6.07. The molecule has 0 saturated carbocycles. The molecule has 0 saturated heterocycles. The Balaban J connectivity index is 1.43. The van der Waals surface area contributed by atoms with Gasteiger partial charge in [0.2, 0.25) is 5.91 Å². The van der Waals surface area contributed by atoms with E-state index < -0.39 is 5.76 Å². The minimum Gasteiger partial charge on any atom is -0.408 e. The predicted octanol–water partition coefficient (Wildman–Crippen LogP) is 3.98. The molecule has 4 aromatic rings. The van der Waals surface area contributed by atoms with Crippen LogP contribution in [0.4, 0.5) is 17.1 Å². The largest absolute Gasteiger partial charge is 0.420 e. The van der Waals surface area contributed by atoms with Crippen LogP contribution in [0.5, 0.6) is 0 Å². The maximum Gasteiger partial charge on any atom is 0.420 e. The third-order valence-electron chi connectivity index (χ3n) is 4.11. The highest BCUT2D eigenvalue weighted by molar-refractivity contribution is 5.91. The summed E-state index contributed by atoms with van der Waals surface area (Å²) in [6.45, 7) is -0.111. The molecule has 0 unspecified atom stereocenters. The molecule has 3 aromatic carbocycles. The van der Waals surface area contributed by atoms with Crippen molar-refractivity contribution in [1.29, 1.82) is 0 Å². The van der Waals surface area contributed by atoms with Gasteiger partial charge in [0.25, 0.3) is 0 Å². The van der Waals surface area contributed by atoms with Crippen LogP contribution in [0.3, 0.4) is 0 Å². The number of rotatable bonds is 5. The lowest BCUT2D eigenvalue weighted by Crippen LogP contribution is -2.24. The van der Waals surface area contributed by atoms with E-state index in [0.29, 0.717) is 16.8 Å². The summed E-state index contributed by atoms with van der Waals surface area (Å²) in [5.74, 6) is -0.846. The predicted molar refractivity (Wildman–Crippen MR) is 105 cm³/mol. The van der Waals surface area contributed by atoms with Crippen molar-refractivity contribution < 1.29 is 9.21 Å². The molecule has 0 atom stereocenters. The van der Waals surface area contributed by atoms with Crippen molar-refractivity contribution >= 4 is 34.1 Å². The topological polar surface area (TPSA) is 76.3 Å². The first-order valence-corrected chi connectivity index (χ1v) is 8.49. The summed E-state index contributed by atoms with van der Waals surface area (Å²) >= 11 is 0. The van der Waals surface area contributed by atoms with Crippen molar-refractivity contribution in [2.45, 2.75) is 6.54 Å². The fourth-order valence-electron chi connectivity index (χ4n) is 2.83. The van der Waals surface area contributed by atoms with E-state index in [4.69, 9.17) is 4.42 Å². The highest BCUT2D eigenvalue weighted by Crippen LogP contribution is 2.19. The molecule has 0 radical (unpaired) electrons. The van der Waals surface area contributed by atoms with Gasteiger partial charge in [-0.05, 0) is 48.5 Å². The number of aromatic nitrogens is 1.